The minimum absolute atomic E-state index is 1.02. The van der Waals surface area contributed by atoms with Crippen LogP contribution in [0.2, 0.25) is 0 Å². The maximum atomic E-state index is 2.40. The second-order valence-corrected chi connectivity index (χ2v) is 6.53. The third kappa shape index (κ3) is 5.70. The van der Waals surface area contributed by atoms with Gasteiger partial charge in [-0.2, -0.15) is 0 Å². The molecule has 21 heavy (non-hydrogen) atoms. The first-order valence-corrected chi connectivity index (χ1v) is 7.64. The van der Waals surface area contributed by atoms with Gasteiger partial charge < -0.3 is 4.48 Å². The van der Waals surface area contributed by atoms with Crippen molar-refractivity contribution in [3.05, 3.63) is 71.8 Å². The average Bonchev–Trinajstić information content (AvgIpc) is 2.47. The summed E-state index contributed by atoms with van der Waals surface area (Å²) < 4.78 is 1.02. The molecule has 2 rings (SSSR count). The summed E-state index contributed by atoms with van der Waals surface area (Å²) in [6.07, 6.45) is 0. The fraction of sp³-hybridized carbons (Fsp3) is 0.368. The van der Waals surface area contributed by atoms with Gasteiger partial charge in [0, 0.05) is 18.7 Å². The van der Waals surface area contributed by atoms with Gasteiger partial charge in [0.15, 0.2) is 0 Å². The summed E-state index contributed by atoms with van der Waals surface area (Å²) in [6, 6.07) is 21.4. The van der Waals surface area contributed by atoms with E-state index in [-0.39, 0.29) is 0 Å². The number of nitrogens with zero attached hydrogens (tertiary/aromatic N) is 2. The van der Waals surface area contributed by atoms with E-state index in [9.17, 15) is 0 Å². The first-order chi connectivity index (χ1) is 10.1. The molecule has 0 aliphatic rings. The third-order valence-electron chi connectivity index (χ3n) is 3.84. The Morgan fingerprint density at radius 1 is 0.810 bits per heavy atom. The molecule has 0 fully saturated rings. The lowest BCUT2D eigenvalue weighted by Crippen LogP contribution is -2.43. The Morgan fingerprint density at radius 3 is 1.90 bits per heavy atom. The highest BCUT2D eigenvalue weighted by Gasteiger charge is 2.16. The summed E-state index contributed by atoms with van der Waals surface area (Å²) in [4.78, 5) is 2.40. The monoisotopic (exact) mass is 283 g/mol. The SMILES string of the molecule is CN(CC[N+](C)(C)Cc1ccccc1)Cc1ccccc1. The van der Waals surface area contributed by atoms with Crippen molar-refractivity contribution in [3.63, 3.8) is 0 Å². The second kappa shape index (κ2) is 7.39. The van der Waals surface area contributed by atoms with Gasteiger partial charge in [0.05, 0.1) is 20.6 Å². The lowest BCUT2D eigenvalue weighted by molar-refractivity contribution is -0.903. The quantitative estimate of drug-likeness (QED) is 0.704. The van der Waals surface area contributed by atoms with E-state index >= 15 is 0 Å². The first-order valence-electron chi connectivity index (χ1n) is 7.64. The van der Waals surface area contributed by atoms with Crippen LogP contribution in [0.1, 0.15) is 11.1 Å². The third-order valence-corrected chi connectivity index (χ3v) is 3.84. The van der Waals surface area contributed by atoms with Crippen molar-refractivity contribution >= 4 is 0 Å². The zero-order valence-electron chi connectivity index (χ0n) is 13.5. The van der Waals surface area contributed by atoms with Crippen molar-refractivity contribution in [1.82, 2.24) is 4.90 Å². The van der Waals surface area contributed by atoms with Crippen molar-refractivity contribution in [3.8, 4) is 0 Å². The smallest absolute Gasteiger partial charge is 0.104 e. The van der Waals surface area contributed by atoms with E-state index in [1.807, 2.05) is 0 Å². The van der Waals surface area contributed by atoms with Crippen LogP contribution in [-0.2, 0) is 13.1 Å². The van der Waals surface area contributed by atoms with Crippen molar-refractivity contribution in [1.29, 1.82) is 0 Å². The van der Waals surface area contributed by atoms with Crippen molar-refractivity contribution in [2.75, 3.05) is 34.2 Å². The fourth-order valence-corrected chi connectivity index (χ4v) is 2.57. The molecule has 0 heterocycles. The Kier molecular flexibility index (Phi) is 5.54. The number of benzene rings is 2. The highest BCUT2D eigenvalue weighted by molar-refractivity contribution is 5.14. The average molecular weight is 283 g/mol. The van der Waals surface area contributed by atoms with Crippen molar-refractivity contribution < 1.29 is 4.48 Å². The van der Waals surface area contributed by atoms with Gasteiger partial charge in [-0.05, 0) is 12.6 Å². The minimum atomic E-state index is 1.02. The molecule has 2 aromatic carbocycles. The number of quaternary nitrogens is 1. The maximum absolute atomic E-state index is 2.40. The first kappa shape index (κ1) is 15.7. The van der Waals surface area contributed by atoms with Crippen LogP contribution < -0.4 is 0 Å². The second-order valence-electron chi connectivity index (χ2n) is 6.53. The molecule has 0 saturated heterocycles. The zero-order valence-corrected chi connectivity index (χ0v) is 13.5. The molecule has 112 valence electrons. The van der Waals surface area contributed by atoms with E-state index < -0.39 is 0 Å². The van der Waals surface area contributed by atoms with Crippen molar-refractivity contribution in [2.45, 2.75) is 13.1 Å². The Balaban J connectivity index is 1.81. The maximum Gasteiger partial charge on any atom is 0.104 e. The van der Waals surface area contributed by atoms with Crippen LogP contribution in [-0.4, -0.2) is 43.6 Å². The van der Waals surface area contributed by atoms with E-state index in [4.69, 9.17) is 0 Å². The molecule has 2 aromatic rings. The topological polar surface area (TPSA) is 3.24 Å². The van der Waals surface area contributed by atoms with Gasteiger partial charge >= 0.3 is 0 Å². The molecule has 0 N–H and O–H groups in total. The highest BCUT2D eigenvalue weighted by Crippen LogP contribution is 2.10. The zero-order chi connectivity index (χ0) is 15.1. The van der Waals surface area contributed by atoms with E-state index in [1.165, 1.54) is 11.1 Å². The molecule has 0 aromatic heterocycles. The Morgan fingerprint density at radius 2 is 1.33 bits per heavy atom. The summed E-state index contributed by atoms with van der Waals surface area (Å²) in [6.45, 7) is 4.36. The fourth-order valence-electron chi connectivity index (χ4n) is 2.57. The lowest BCUT2D eigenvalue weighted by Gasteiger charge is -2.31. The van der Waals surface area contributed by atoms with Crippen LogP contribution in [0, 0.1) is 0 Å². The van der Waals surface area contributed by atoms with E-state index in [2.05, 4.69) is 86.7 Å². The molecule has 0 unspecified atom stereocenters. The minimum Gasteiger partial charge on any atom is -0.324 e. The summed E-state index contributed by atoms with van der Waals surface area (Å²) in [5.41, 5.74) is 2.79. The Bertz CT molecular complexity index is 520. The molecule has 0 spiro atoms. The van der Waals surface area contributed by atoms with E-state index in [0.717, 1.165) is 30.7 Å². The highest BCUT2D eigenvalue weighted by atomic mass is 15.3. The van der Waals surface area contributed by atoms with Crippen molar-refractivity contribution in [2.24, 2.45) is 0 Å². The summed E-state index contributed by atoms with van der Waals surface area (Å²) in [5.74, 6) is 0. The summed E-state index contributed by atoms with van der Waals surface area (Å²) >= 11 is 0. The van der Waals surface area contributed by atoms with Gasteiger partial charge in [-0.15, -0.1) is 0 Å². The largest absolute Gasteiger partial charge is 0.324 e. The molecule has 2 nitrogen and oxygen atoms in total. The van der Waals surface area contributed by atoms with Crippen LogP contribution in [0.3, 0.4) is 0 Å². The number of hydrogen-bond donors (Lipinski definition) is 0. The molecule has 0 aliphatic heterocycles. The summed E-state index contributed by atoms with van der Waals surface area (Å²) in [5, 5.41) is 0. The normalized spacial score (nSPS) is 11.8. The number of rotatable bonds is 7. The standard InChI is InChI=1S/C19H27N2/c1-20(16-18-10-6-4-7-11-18)14-15-21(2,3)17-19-12-8-5-9-13-19/h4-13H,14-17H2,1-3H3/q+1. The van der Waals surface area contributed by atoms with Gasteiger partial charge in [0.1, 0.15) is 6.54 Å². The van der Waals surface area contributed by atoms with Crippen LogP contribution in [0.5, 0.6) is 0 Å². The van der Waals surface area contributed by atoms with Crippen LogP contribution >= 0.6 is 0 Å². The molecular weight excluding hydrogens is 256 g/mol. The molecule has 0 atom stereocenters. The predicted octanol–water partition coefficient (Wildman–Crippen LogP) is 3.40. The lowest BCUT2D eigenvalue weighted by atomic mass is 10.2. The van der Waals surface area contributed by atoms with E-state index in [1.54, 1.807) is 0 Å². The molecular formula is C19H27N2+. The molecule has 0 saturated carbocycles. The van der Waals surface area contributed by atoms with Crippen LogP contribution in [0.4, 0.5) is 0 Å². The molecule has 0 aliphatic carbocycles. The number of hydrogen-bond acceptors (Lipinski definition) is 1. The van der Waals surface area contributed by atoms with Gasteiger partial charge in [-0.25, -0.2) is 0 Å². The molecule has 0 radical (unpaired) electrons. The molecule has 2 heteroatoms. The Hall–Kier alpha value is -1.64. The van der Waals surface area contributed by atoms with E-state index in [0.29, 0.717) is 0 Å². The molecule has 0 amide bonds. The van der Waals surface area contributed by atoms with Gasteiger partial charge in [0.25, 0.3) is 0 Å². The van der Waals surface area contributed by atoms with Gasteiger partial charge in [-0.1, -0.05) is 60.7 Å². The molecule has 0 bridgehead atoms. The van der Waals surface area contributed by atoms with Crippen LogP contribution in [0.25, 0.3) is 0 Å². The predicted molar refractivity (Wildman–Crippen MR) is 89.9 cm³/mol. The van der Waals surface area contributed by atoms with Crippen LogP contribution in [0.15, 0.2) is 60.7 Å². The van der Waals surface area contributed by atoms with Gasteiger partial charge in [0.2, 0.25) is 0 Å². The van der Waals surface area contributed by atoms with Gasteiger partial charge in [-0.3, -0.25) is 4.90 Å². The number of likely N-dealkylation sites (N-methyl/N-ethyl adjacent to an activating group) is 2. The Labute approximate surface area is 129 Å². The summed E-state index contributed by atoms with van der Waals surface area (Å²) in [7, 11) is 6.82.